The molecule has 0 aliphatic rings. The van der Waals surface area contributed by atoms with Crippen molar-refractivity contribution in [3.8, 4) is 0 Å². The van der Waals surface area contributed by atoms with Crippen LogP contribution in [-0.2, 0) is 9.47 Å². The Morgan fingerprint density at radius 1 is 1.44 bits per heavy atom. The van der Waals surface area contributed by atoms with Gasteiger partial charge in [-0.3, -0.25) is 0 Å². The highest BCUT2D eigenvalue weighted by Gasteiger charge is 2.07. The number of aliphatic hydroxyl groups excluding tert-OH is 1. The zero-order chi connectivity index (χ0) is 13.4. The van der Waals surface area contributed by atoms with Gasteiger partial charge in [0, 0.05) is 27.9 Å². The fraction of sp³-hybridized carbons (Fsp3) is 0.500. The van der Waals surface area contributed by atoms with Crippen LogP contribution in [0.2, 0.25) is 0 Å². The molecular formula is C12H18BrNO3S. The number of hydrogen-bond donors (Lipinski definition) is 2. The predicted octanol–water partition coefficient (Wildman–Crippen LogP) is 2.15. The second-order valence-electron chi connectivity index (χ2n) is 3.71. The van der Waals surface area contributed by atoms with Crippen LogP contribution >= 0.6 is 27.7 Å². The van der Waals surface area contributed by atoms with E-state index in [-0.39, 0.29) is 0 Å². The van der Waals surface area contributed by atoms with Gasteiger partial charge in [0.15, 0.2) is 0 Å². The smallest absolute Gasteiger partial charge is 0.0867 e. The van der Waals surface area contributed by atoms with Gasteiger partial charge in [-0.05, 0) is 18.2 Å². The summed E-state index contributed by atoms with van der Waals surface area (Å²) in [7, 11) is 1.62. The van der Waals surface area contributed by atoms with Crippen LogP contribution in [0.15, 0.2) is 27.6 Å². The number of thioether (sulfide) groups is 1. The van der Waals surface area contributed by atoms with Gasteiger partial charge in [-0.2, -0.15) is 0 Å². The number of anilines is 1. The highest BCUT2D eigenvalue weighted by atomic mass is 79.9. The molecule has 0 fully saturated rings. The van der Waals surface area contributed by atoms with Gasteiger partial charge in [0.05, 0.1) is 25.9 Å². The molecule has 4 nitrogen and oxygen atoms in total. The quantitative estimate of drug-likeness (QED) is 0.433. The molecule has 102 valence electrons. The van der Waals surface area contributed by atoms with Crippen LogP contribution in [0.5, 0.6) is 0 Å². The summed E-state index contributed by atoms with van der Waals surface area (Å²) in [4.78, 5) is 0.959. The molecule has 1 aromatic carbocycles. The summed E-state index contributed by atoms with van der Waals surface area (Å²) in [5.74, 6) is 0.549. The molecule has 1 unspecified atom stereocenters. The highest BCUT2D eigenvalue weighted by molar-refractivity contribution is 9.10. The van der Waals surface area contributed by atoms with E-state index in [9.17, 15) is 5.11 Å². The van der Waals surface area contributed by atoms with Crippen LogP contribution in [0.25, 0.3) is 0 Å². The number of rotatable bonds is 8. The minimum Gasteiger partial charge on any atom is -0.398 e. The summed E-state index contributed by atoms with van der Waals surface area (Å²) in [6.07, 6.45) is -0.509. The first kappa shape index (κ1) is 15.8. The number of benzene rings is 1. The van der Waals surface area contributed by atoms with Crippen LogP contribution in [0, 0.1) is 0 Å². The largest absolute Gasteiger partial charge is 0.398 e. The minimum atomic E-state index is -0.509. The average Bonchev–Trinajstić information content (AvgIpc) is 2.36. The van der Waals surface area contributed by atoms with Crippen LogP contribution < -0.4 is 5.73 Å². The normalized spacial score (nSPS) is 12.6. The molecule has 0 spiro atoms. The number of halogens is 1. The Bertz CT molecular complexity index is 365. The fourth-order valence-corrected chi connectivity index (χ4v) is 2.65. The van der Waals surface area contributed by atoms with Crippen molar-refractivity contribution < 1.29 is 14.6 Å². The second-order valence-corrected chi connectivity index (χ2v) is 5.69. The first-order valence-electron chi connectivity index (χ1n) is 5.56. The van der Waals surface area contributed by atoms with E-state index in [0.717, 1.165) is 15.1 Å². The summed E-state index contributed by atoms with van der Waals surface area (Å²) in [5.41, 5.74) is 6.56. The van der Waals surface area contributed by atoms with Gasteiger partial charge in [-0.15, -0.1) is 11.8 Å². The van der Waals surface area contributed by atoms with Gasteiger partial charge in [0.1, 0.15) is 0 Å². The fourth-order valence-electron chi connectivity index (χ4n) is 1.23. The monoisotopic (exact) mass is 335 g/mol. The molecule has 1 atom stereocenters. The standard InChI is InChI=1S/C12H18BrNO3S/c1-16-4-5-17-7-10(15)8-18-12-6-9(13)2-3-11(12)14/h2-3,6,10,15H,4-5,7-8,14H2,1H3. The van der Waals surface area contributed by atoms with E-state index in [1.165, 1.54) is 11.8 Å². The summed E-state index contributed by atoms with van der Waals surface area (Å²) < 4.78 is 11.1. The van der Waals surface area contributed by atoms with Crippen molar-refractivity contribution in [2.75, 3.05) is 38.4 Å². The Morgan fingerprint density at radius 2 is 2.22 bits per heavy atom. The topological polar surface area (TPSA) is 64.7 Å². The van der Waals surface area contributed by atoms with Gasteiger partial charge in [0.2, 0.25) is 0 Å². The number of ether oxygens (including phenoxy) is 2. The molecule has 0 aliphatic heterocycles. The van der Waals surface area contributed by atoms with Gasteiger partial charge < -0.3 is 20.3 Å². The van der Waals surface area contributed by atoms with Crippen LogP contribution in [-0.4, -0.2) is 43.9 Å². The van der Waals surface area contributed by atoms with Crippen molar-refractivity contribution in [2.45, 2.75) is 11.0 Å². The Kier molecular flexibility index (Phi) is 7.69. The van der Waals surface area contributed by atoms with Crippen molar-refractivity contribution >= 4 is 33.4 Å². The highest BCUT2D eigenvalue weighted by Crippen LogP contribution is 2.28. The molecule has 1 aromatic rings. The second kappa shape index (κ2) is 8.77. The maximum Gasteiger partial charge on any atom is 0.0867 e. The van der Waals surface area contributed by atoms with Crippen LogP contribution in [0.4, 0.5) is 5.69 Å². The predicted molar refractivity (Wildman–Crippen MR) is 78.0 cm³/mol. The molecule has 18 heavy (non-hydrogen) atoms. The van der Waals surface area contributed by atoms with Crippen molar-refractivity contribution in [3.05, 3.63) is 22.7 Å². The number of hydrogen-bond acceptors (Lipinski definition) is 5. The molecule has 0 aliphatic carbocycles. The van der Waals surface area contributed by atoms with E-state index in [4.69, 9.17) is 15.2 Å². The summed E-state index contributed by atoms with van der Waals surface area (Å²) >= 11 is 4.91. The molecule has 0 saturated carbocycles. The minimum absolute atomic E-state index is 0.310. The summed E-state index contributed by atoms with van der Waals surface area (Å²) in [5, 5.41) is 9.73. The third kappa shape index (κ3) is 6.06. The third-order valence-electron chi connectivity index (χ3n) is 2.15. The van der Waals surface area contributed by atoms with Crippen molar-refractivity contribution in [2.24, 2.45) is 0 Å². The zero-order valence-corrected chi connectivity index (χ0v) is 12.7. The number of aliphatic hydroxyl groups is 1. The molecule has 0 heterocycles. The first-order chi connectivity index (χ1) is 8.63. The van der Waals surface area contributed by atoms with Crippen LogP contribution in [0.1, 0.15) is 0 Å². The number of nitrogens with two attached hydrogens (primary N) is 1. The van der Waals surface area contributed by atoms with Crippen LogP contribution in [0.3, 0.4) is 0 Å². The first-order valence-corrected chi connectivity index (χ1v) is 7.34. The Balaban J connectivity index is 2.29. The van der Waals surface area contributed by atoms with Gasteiger partial charge in [-0.1, -0.05) is 15.9 Å². The van der Waals surface area contributed by atoms with E-state index >= 15 is 0 Å². The molecule has 0 aromatic heterocycles. The molecule has 3 N–H and O–H groups in total. The van der Waals surface area contributed by atoms with Crippen molar-refractivity contribution in [3.63, 3.8) is 0 Å². The van der Waals surface area contributed by atoms with Gasteiger partial charge in [-0.25, -0.2) is 0 Å². The zero-order valence-electron chi connectivity index (χ0n) is 10.3. The van der Waals surface area contributed by atoms with E-state index in [2.05, 4.69) is 15.9 Å². The summed E-state index contributed by atoms with van der Waals surface area (Å²) in [6, 6.07) is 5.68. The molecule has 0 radical (unpaired) electrons. The van der Waals surface area contributed by atoms with Gasteiger partial charge in [0.25, 0.3) is 0 Å². The lowest BCUT2D eigenvalue weighted by Crippen LogP contribution is -2.19. The number of nitrogen functional groups attached to an aromatic ring is 1. The van der Waals surface area contributed by atoms with E-state index in [0.29, 0.717) is 25.6 Å². The molecular weight excluding hydrogens is 318 g/mol. The Hall–Kier alpha value is -0.270. The molecule has 0 saturated heterocycles. The summed E-state index contributed by atoms with van der Waals surface area (Å²) in [6.45, 7) is 1.35. The molecule has 0 amide bonds. The lowest BCUT2D eigenvalue weighted by molar-refractivity contribution is 0.0218. The van der Waals surface area contributed by atoms with E-state index in [1.54, 1.807) is 7.11 Å². The number of methoxy groups -OCH3 is 1. The molecule has 0 bridgehead atoms. The maximum absolute atomic E-state index is 9.73. The molecule has 1 rings (SSSR count). The lowest BCUT2D eigenvalue weighted by atomic mass is 10.3. The average molecular weight is 336 g/mol. The van der Waals surface area contributed by atoms with Gasteiger partial charge >= 0.3 is 0 Å². The van der Waals surface area contributed by atoms with Crippen molar-refractivity contribution in [1.29, 1.82) is 0 Å². The van der Waals surface area contributed by atoms with E-state index < -0.39 is 6.10 Å². The Morgan fingerprint density at radius 3 is 2.94 bits per heavy atom. The lowest BCUT2D eigenvalue weighted by Gasteiger charge is -2.12. The Labute approximate surface area is 120 Å². The SMILES string of the molecule is COCCOCC(O)CSc1cc(Br)ccc1N. The maximum atomic E-state index is 9.73. The molecule has 6 heteroatoms. The third-order valence-corrected chi connectivity index (χ3v) is 3.86. The van der Waals surface area contributed by atoms with E-state index in [1.807, 2.05) is 18.2 Å². The van der Waals surface area contributed by atoms with Crippen molar-refractivity contribution in [1.82, 2.24) is 0 Å².